The predicted octanol–water partition coefficient (Wildman–Crippen LogP) is 4.75. The molecule has 19 heavy (non-hydrogen) atoms. The Morgan fingerprint density at radius 1 is 1.21 bits per heavy atom. The average molecular weight is 322 g/mol. The molecule has 0 fully saturated rings. The number of benzene rings is 2. The lowest BCUT2D eigenvalue weighted by Gasteiger charge is -2.16. The highest BCUT2D eigenvalue weighted by molar-refractivity contribution is 9.10. The summed E-state index contributed by atoms with van der Waals surface area (Å²) in [4.78, 5) is 0. The van der Waals surface area contributed by atoms with E-state index in [0.29, 0.717) is 6.54 Å². The third kappa shape index (κ3) is 3.64. The van der Waals surface area contributed by atoms with Gasteiger partial charge >= 0.3 is 0 Å². The van der Waals surface area contributed by atoms with Gasteiger partial charge in [0.2, 0.25) is 0 Å². The molecule has 0 heterocycles. The predicted molar refractivity (Wildman–Crippen MR) is 80.5 cm³/mol. The van der Waals surface area contributed by atoms with Gasteiger partial charge in [-0.3, -0.25) is 0 Å². The fourth-order valence-electron chi connectivity index (χ4n) is 2.03. The highest BCUT2D eigenvalue weighted by Gasteiger charge is 2.09. The molecule has 0 amide bonds. The molecule has 2 rings (SSSR count). The molecule has 100 valence electrons. The maximum absolute atomic E-state index is 13.2. The maximum atomic E-state index is 13.2. The van der Waals surface area contributed by atoms with Gasteiger partial charge in [-0.25, -0.2) is 4.39 Å². The molecule has 0 saturated carbocycles. The van der Waals surface area contributed by atoms with Crippen molar-refractivity contribution in [1.29, 1.82) is 0 Å². The lowest BCUT2D eigenvalue weighted by atomic mass is 10.1. The van der Waals surface area contributed by atoms with E-state index in [0.717, 1.165) is 15.6 Å². The molecule has 0 aliphatic rings. The third-order valence-electron chi connectivity index (χ3n) is 3.28. The van der Waals surface area contributed by atoms with Crippen LogP contribution >= 0.6 is 15.9 Å². The summed E-state index contributed by atoms with van der Waals surface area (Å²) in [6.07, 6.45) is 0. The first-order valence-corrected chi connectivity index (χ1v) is 7.10. The van der Waals surface area contributed by atoms with Gasteiger partial charge in [0.25, 0.3) is 0 Å². The molecule has 0 unspecified atom stereocenters. The minimum Gasteiger partial charge on any atom is -0.306 e. The molecule has 0 bridgehead atoms. The van der Waals surface area contributed by atoms with Crippen molar-refractivity contribution in [2.75, 3.05) is 0 Å². The third-order valence-corrected chi connectivity index (χ3v) is 4.00. The molecule has 2 aromatic carbocycles. The summed E-state index contributed by atoms with van der Waals surface area (Å²) in [7, 11) is 0. The molecule has 3 heteroatoms. The Bertz CT molecular complexity index is 568. The van der Waals surface area contributed by atoms with E-state index in [-0.39, 0.29) is 11.9 Å². The minimum atomic E-state index is -0.184. The quantitative estimate of drug-likeness (QED) is 0.857. The Morgan fingerprint density at radius 2 is 1.95 bits per heavy atom. The zero-order valence-corrected chi connectivity index (χ0v) is 12.7. The van der Waals surface area contributed by atoms with Crippen LogP contribution in [-0.2, 0) is 6.54 Å². The minimum absolute atomic E-state index is 0.184. The largest absolute Gasteiger partial charge is 0.306 e. The molecule has 2 aromatic rings. The van der Waals surface area contributed by atoms with Crippen molar-refractivity contribution in [3.63, 3.8) is 0 Å². The summed E-state index contributed by atoms with van der Waals surface area (Å²) in [5, 5.41) is 3.43. The second kappa shape index (κ2) is 6.31. The van der Waals surface area contributed by atoms with Crippen LogP contribution in [0.25, 0.3) is 0 Å². The summed E-state index contributed by atoms with van der Waals surface area (Å²) in [5.41, 5.74) is 3.31. The van der Waals surface area contributed by atoms with Crippen LogP contribution in [0.15, 0.2) is 46.9 Å². The molecule has 0 aliphatic carbocycles. The van der Waals surface area contributed by atoms with Crippen molar-refractivity contribution in [2.24, 2.45) is 0 Å². The molecular weight excluding hydrogens is 305 g/mol. The van der Waals surface area contributed by atoms with Crippen LogP contribution in [0.5, 0.6) is 0 Å². The molecule has 0 aromatic heterocycles. The van der Waals surface area contributed by atoms with Crippen LogP contribution in [0.3, 0.4) is 0 Å². The van der Waals surface area contributed by atoms with Crippen LogP contribution in [0.2, 0.25) is 0 Å². The van der Waals surface area contributed by atoms with Crippen molar-refractivity contribution in [3.05, 3.63) is 69.4 Å². The van der Waals surface area contributed by atoms with Crippen molar-refractivity contribution < 1.29 is 4.39 Å². The number of hydrogen-bond donors (Lipinski definition) is 1. The number of aryl methyl sites for hydroxylation is 1. The fraction of sp³-hybridized carbons (Fsp3) is 0.250. The number of halogens is 2. The Labute approximate surface area is 122 Å². The Morgan fingerprint density at radius 3 is 2.68 bits per heavy atom. The Kier molecular flexibility index (Phi) is 4.72. The topological polar surface area (TPSA) is 12.0 Å². The first-order valence-electron chi connectivity index (χ1n) is 6.31. The monoisotopic (exact) mass is 321 g/mol. The zero-order chi connectivity index (χ0) is 13.8. The summed E-state index contributed by atoms with van der Waals surface area (Å²) in [5.74, 6) is -0.184. The summed E-state index contributed by atoms with van der Waals surface area (Å²) < 4.78 is 14.3. The van der Waals surface area contributed by atoms with E-state index in [1.807, 2.05) is 31.2 Å². The standard InChI is InChI=1S/C16H17BrFN/c1-11-7-8-14(18)9-13(11)10-19-12(2)15-5-3-4-6-16(15)17/h3-9,12,19H,10H2,1-2H3/t12-/m0/s1. The highest BCUT2D eigenvalue weighted by Crippen LogP contribution is 2.23. The normalized spacial score (nSPS) is 12.4. The van der Waals surface area contributed by atoms with Crippen molar-refractivity contribution in [1.82, 2.24) is 5.32 Å². The number of rotatable bonds is 4. The van der Waals surface area contributed by atoms with Crippen molar-refractivity contribution in [2.45, 2.75) is 26.4 Å². The van der Waals surface area contributed by atoms with Gasteiger partial charge in [0.15, 0.2) is 0 Å². The molecular formula is C16H17BrFN. The second-order valence-corrected chi connectivity index (χ2v) is 5.55. The molecule has 1 N–H and O–H groups in total. The van der Waals surface area contributed by atoms with Gasteiger partial charge in [0.1, 0.15) is 5.82 Å². The van der Waals surface area contributed by atoms with E-state index >= 15 is 0 Å². The van der Waals surface area contributed by atoms with Crippen LogP contribution in [-0.4, -0.2) is 0 Å². The van der Waals surface area contributed by atoms with E-state index < -0.39 is 0 Å². The van der Waals surface area contributed by atoms with Gasteiger partial charge in [0.05, 0.1) is 0 Å². The van der Waals surface area contributed by atoms with Crippen molar-refractivity contribution in [3.8, 4) is 0 Å². The lowest BCUT2D eigenvalue weighted by molar-refractivity contribution is 0.566. The Hall–Kier alpha value is -1.19. The first-order chi connectivity index (χ1) is 9.08. The molecule has 0 radical (unpaired) electrons. The smallest absolute Gasteiger partial charge is 0.123 e. The second-order valence-electron chi connectivity index (χ2n) is 4.69. The summed E-state index contributed by atoms with van der Waals surface area (Å²) >= 11 is 3.55. The lowest BCUT2D eigenvalue weighted by Crippen LogP contribution is -2.19. The van der Waals surface area contributed by atoms with Gasteiger partial charge in [-0.1, -0.05) is 40.2 Å². The van der Waals surface area contributed by atoms with Crippen LogP contribution in [0, 0.1) is 12.7 Å². The molecule has 0 aliphatic heterocycles. The maximum Gasteiger partial charge on any atom is 0.123 e. The van der Waals surface area contributed by atoms with E-state index in [4.69, 9.17) is 0 Å². The van der Waals surface area contributed by atoms with E-state index in [1.54, 1.807) is 6.07 Å². The van der Waals surface area contributed by atoms with E-state index in [2.05, 4.69) is 34.2 Å². The van der Waals surface area contributed by atoms with Crippen molar-refractivity contribution >= 4 is 15.9 Å². The zero-order valence-electron chi connectivity index (χ0n) is 11.1. The fourth-order valence-corrected chi connectivity index (χ4v) is 2.66. The number of hydrogen-bond acceptors (Lipinski definition) is 1. The molecule has 0 spiro atoms. The Balaban J connectivity index is 2.06. The van der Waals surface area contributed by atoms with Crippen LogP contribution < -0.4 is 5.32 Å². The van der Waals surface area contributed by atoms with E-state index in [1.165, 1.54) is 11.6 Å². The number of nitrogens with one attached hydrogen (secondary N) is 1. The van der Waals surface area contributed by atoms with Crippen LogP contribution in [0.4, 0.5) is 4.39 Å². The van der Waals surface area contributed by atoms with Gasteiger partial charge in [-0.05, 0) is 48.7 Å². The van der Waals surface area contributed by atoms with Gasteiger partial charge in [0, 0.05) is 17.1 Å². The van der Waals surface area contributed by atoms with Crippen LogP contribution in [0.1, 0.15) is 29.7 Å². The highest BCUT2D eigenvalue weighted by atomic mass is 79.9. The van der Waals surface area contributed by atoms with Gasteiger partial charge in [-0.2, -0.15) is 0 Å². The molecule has 1 nitrogen and oxygen atoms in total. The van der Waals surface area contributed by atoms with Gasteiger partial charge < -0.3 is 5.32 Å². The molecule has 0 saturated heterocycles. The van der Waals surface area contributed by atoms with Gasteiger partial charge in [-0.15, -0.1) is 0 Å². The average Bonchev–Trinajstić information content (AvgIpc) is 2.40. The first kappa shape index (κ1) is 14.2. The summed E-state index contributed by atoms with van der Waals surface area (Å²) in [6, 6.07) is 13.2. The summed E-state index contributed by atoms with van der Waals surface area (Å²) in [6.45, 7) is 4.76. The van der Waals surface area contributed by atoms with E-state index in [9.17, 15) is 4.39 Å². The SMILES string of the molecule is Cc1ccc(F)cc1CN[C@@H](C)c1ccccc1Br. The molecule has 1 atom stereocenters.